The molecule has 166 valence electrons. The van der Waals surface area contributed by atoms with Gasteiger partial charge in [-0.05, 0) is 51.3 Å². The molecule has 1 fully saturated rings. The van der Waals surface area contributed by atoms with E-state index in [-0.39, 0.29) is 29.7 Å². The molecule has 0 bridgehead atoms. The second-order valence-electron chi connectivity index (χ2n) is 7.83. The number of benzene rings is 1. The maximum Gasteiger partial charge on any atom is 0.194 e. The normalized spacial score (nSPS) is 18.1. The van der Waals surface area contributed by atoms with Crippen molar-refractivity contribution in [3.63, 3.8) is 0 Å². The Bertz CT molecular complexity index is 749. The van der Waals surface area contributed by atoms with Gasteiger partial charge in [0.1, 0.15) is 5.75 Å². The molecule has 1 aromatic carbocycles. The van der Waals surface area contributed by atoms with E-state index in [4.69, 9.17) is 9.73 Å². The maximum atomic E-state index is 12.2. The standard InChI is InChI=1S/C21H35N3O3S.HI/c1-5-7-15-27-19-10-8-18(9-11-19)12-13-23-20(22-6-2)24-14-16-28(25,26)21(3,4)17-24;/h8-11H,5-7,12-17H2,1-4H3,(H,22,23);1H. The third kappa shape index (κ3) is 7.62. The van der Waals surface area contributed by atoms with E-state index >= 15 is 0 Å². The number of halogens is 1. The first-order chi connectivity index (χ1) is 13.3. The highest BCUT2D eigenvalue weighted by atomic mass is 127. The van der Waals surface area contributed by atoms with E-state index in [1.807, 2.05) is 19.1 Å². The number of hydrogen-bond acceptors (Lipinski definition) is 4. The minimum absolute atomic E-state index is 0. The zero-order valence-corrected chi connectivity index (χ0v) is 21.3. The zero-order chi connectivity index (χ0) is 20.6. The molecule has 1 aliphatic rings. The number of ether oxygens (including phenoxy) is 1. The van der Waals surface area contributed by atoms with E-state index in [0.717, 1.165) is 44.1 Å². The molecule has 1 aliphatic heterocycles. The molecular weight excluding hydrogens is 501 g/mol. The van der Waals surface area contributed by atoms with E-state index < -0.39 is 14.6 Å². The molecule has 29 heavy (non-hydrogen) atoms. The summed E-state index contributed by atoms with van der Waals surface area (Å²) in [5.74, 6) is 1.87. The van der Waals surface area contributed by atoms with Crippen molar-refractivity contribution in [1.82, 2.24) is 10.2 Å². The van der Waals surface area contributed by atoms with Gasteiger partial charge in [-0.2, -0.15) is 0 Å². The number of rotatable bonds is 8. The fraction of sp³-hybridized carbons (Fsp3) is 0.667. The largest absolute Gasteiger partial charge is 0.494 e. The van der Waals surface area contributed by atoms with Crippen molar-refractivity contribution >= 4 is 39.8 Å². The summed E-state index contributed by atoms with van der Waals surface area (Å²) in [4.78, 5) is 6.80. The number of sulfone groups is 1. The molecule has 2 rings (SSSR count). The Hall–Kier alpha value is -1.03. The highest BCUT2D eigenvalue weighted by Crippen LogP contribution is 2.23. The van der Waals surface area contributed by atoms with E-state index in [1.165, 1.54) is 5.56 Å². The van der Waals surface area contributed by atoms with Gasteiger partial charge in [0.05, 0.1) is 17.1 Å². The zero-order valence-electron chi connectivity index (χ0n) is 18.1. The van der Waals surface area contributed by atoms with Gasteiger partial charge in [-0.1, -0.05) is 25.5 Å². The van der Waals surface area contributed by atoms with Crippen molar-refractivity contribution < 1.29 is 13.2 Å². The molecular formula is C21H36IN3O3S. The first-order valence-corrected chi connectivity index (χ1v) is 11.9. The Morgan fingerprint density at radius 1 is 1.24 bits per heavy atom. The topological polar surface area (TPSA) is 71.0 Å². The summed E-state index contributed by atoms with van der Waals surface area (Å²) in [7, 11) is -3.05. The summed E-state index contributed by atoms with van der Waals surface area (Å²) in [6, 6.07) is 8.19. The van der Waals surface area contributed by atoms with Crippen LogP contribution in [-0.2, 0) is 16.3 Å². The molecule has 0 atom stereocenters. The van der Waals surface area contributed by atoms with Gasteiger partial charge in [-0.25, -0.2) is 8.42 Å². The quantitative estimate of drug-likeness (QED) is 0.238. The number of aliphatic imine (C=N–C) groups is 1. The highest BCUT2D eigenvalue weighted by Gasteiger charge is 2.40. The van der Waals surface area contributed by atoms with E-state index in [0.29, 0.717) is 19.6 Å². The van der Waals surface area contributed by atoms with Gasteiger partial charge >= 0.3 is 0 Å². The van der Waals surface area contributed by atoms with Crippen molar-refractivity contribution in [1.29, 1.82) is 0 Å². The molecule has 0 amide bonds. The third-order valence-corrected chi connectivity index (χ3v) is 7.56. The lowest BCUT2D eigenvalue weighted by atomic mass is 10.1. The van der Waals surface area contributed by atoms with Crippen LogP contribution in [0.2, 0.25) is 0 Å². The number of nitrogens with zero attached hydrogens (tertiary/aromatic N) is 2. The van der Waals surface area contributed by atoms with Gasteiger partial charge in [0.15, 0.2) is 15.8 Å². The molecule has 0 aromatic heterocycles. The van der Waals surface area contributed by atoms with Crippen molar-refractivity contribution in [2.45, 2.75) is 51.7 Å². The van der Waals surface area contributed by atoms with E-state index in [9.17, 15) is 8.42 Å². The van der Waals surface area contributed by atoms with Crippen LogP contribution >= 0.6 is 24.0 Å². The third-order valence-electron chi connectivity index (χ3n) is 5.03. The van der Waals surface area contributed by atoms with Gasteiger partial charge in [0, 0.05) is 26.2 Å². The van der Waals surface area contributed by atoms with Gasteiger partial charge in [-0.15, -0.1) is 24.0 Å². The van der Waals surface area contributed by atoms with Crippen LogP contribution in [0.5, 0.6) is 5.75 Å². The fourth-order valence-corrected chi connectivity index (χ4v) is 4.49. The second-order valence-corrected chi connectivity index (χ2v) is 10.6. The molecule has 0 radical (unpaired) electrons. The van der Waals surface area contributed by atoms with Crippen LogP contribution in [0.1, 0.15) is 46.1 Å². The number of nitrogens with one attached hydrogen (secondary N) is 1. The first-order valence-electron chi connectivity index (χ1n) is 10.3. The van der Waals surface area contributed by atoms with Crippen molar-refractivity contribution in [2.75, 3.05) is 38.5 Å². The Kier molecular flexibility index (Phi) is 10.7. The Labute approximate surface area is 193 Å². The molecule has 0 saturated carbocycles. The summed E-state index contributed by atoms with van der Waals surface area (Å²) < 4.78 is 29.4. The molecule has 1 aromatic rings. The number of hydrogen-bond donors (Lipinski definition) is 1. The molecule has 1 saturated heterocycles. The van der Waals surface area contributed by atoms with Crippen LogP contribution in [0.3, 0.4) is 0 Å². The predicted molar refractivity (Wildman–Crippen MR) is 131 cm³/mol. The average molecular weight is 538 g/mol. The van der Waals surface area contributed by atoms with E-state index in [2.05, 4.69) is 29.3 Å². The first kappa shape index (κ1) is 26.0. The van der Waals surface area contributed by atoms with Crippen molar-refractivity contribution in [3.05, 3.63) is 29.8 Å². The summed E-state index contributed by atoms with van der Waals surface area (Å²) in [6.07, 6.45) is 3.03. The predicted octanol–water partition coefficient (Wildman–Crippen LogP) is 3.50. The lowest BCUT2D eigenvalue weighted by Gasteiger charge is -2.39. The average Bonchev–Trinajstić information content (AvgIpc) is 2.65. The van der Waals surface area contributed by atoms with Crippen molar-refractivity contribution in [2.24, 2.45) is 4.99 Å². The van der Waals surface area contributed by atoms with E-state index in [1.54, 1.807) is 13.8 Å². The van der Waals surface area contributed by atoms with Crippen LogP contribution in [0.15, 0.2) is 29.3 Å². The lowest BCUT2D eigenvalue weighted by Crippen LogP contribution is -2.57. The van der Waals surface area contributed by atoms with Crippen LogP contribution in [0, 0.1) is 0 Å². The smallest absolute Gasteiger partial charge is 0.194 e. The summed E-state index contributed by atoms with van der Waals surface area (Å²) >= 11 is 0. The molecule has 0 aliphatic carbocycles. The Morgan fingerprint density at radius 3 is 2.52 bits per heavy atom. The fourth-order valence-electron chi connectivity index (χ4n) is 3.13. The minimum Gasteiger partial charge on any atom is -0.494 e. The van der Waals surface area contributed by atoms with Gasteiger partial charge in [0.2, 0.25) is 0 Å². The molecule has 8 heteroatoms. The van der Waals surface area contributed by atoms with Crippen molar-refractivity contribution in [3.8, 4) is 5.75 Å². The monoisotopic (exact) mass is 537 g/mol. The molecule has 6 nitrogen and oxygen atoms in total. The maximum absolute atomic E-state index is 12.2. The Balaban J connectivity index is 0.00000420. The van der Waals surface area contributed by atoms with Crippen LogP contribution in [-0.4, -0.2) is 62.6 Å². The molecule has 0 unspecified atom stereocenters. The molecule has 1 heterocycles. The SMILES string of the molecule is CCCCOc1ccc(CCN=C(NCC)N2CCS(=O)(=O)C(C)(C)C2)cc1.I. The molecule has 0 spiro atoms. The number of unbranched alkanes of at least 4 members (excludes halogenated alkanes) is 1. The van der Waals surface area contributed by atoms with Gasteiger partial charge in [0.25, 0.3) is 0 Å². The van der Waals surface area contributed by atoms with Crippen LogP contribution in [0.4, 0.5) is 0 Å². The highest BCUT2D eigenvalue weighted by molar-refractivity contribution is 14.0. The van der Waals surface area contributed by atoms with Crippen LogP contribution in [0.25, 0.3) is 0 Å². The summed E-state index contributed by atoms with van der Waals surface area (Å²) in [5, 5.41) is 3.30. The number of guanidine groups is 1. The lowest BCUT2D eigenvalue weighted by molar-refractivity contribution is 0.309. The second kappa shape index (κ2) is 12.0. The summed E-state index contributed by atoms with van der Waals surface area (Å²) in [6.45, 7) is 10.9. The van der Waals surface area contributed by atoms with Crippen LogP contribution < -0.4 is 10.1 Å². The Morgan fingerprint density at radius 2 is 1.93 bits per heavy atom. The summed E-state index contributed by atoms with van der Waals surface area (Å²) in [5.41, 5.74) is 1.21. The molecule has 1 N–H and O–H groups in total. The van der Waals surface area contributed by atoms with Gasteiger partial charge in [-0.3, -0.25) is 4.99 Å². The minimum atomic E-state index is -3.05. The van der Waals surface area contributed by atoms with Gasteiger partial charge < -0.3 is 15.0 Å².